The maximum Gasteiger partial charge on any atom is 0.239 e. The van der Waals surface area contributed by atoms with Gasteiger partial charge in [-0.1, -0.05) is 13.8 Å². The van der Waals surface area contributed by atoms with E-state index in [1.54, 1.807) is 18.0 Å². The number of hydrogen-bond acceptors (Lipinski definition) is 5. The second-order valence-corrected chi connectivity index (χ2v) is 7.56. The van der Waals surface area contributed by atoms with Crippen molar-refractivity contribution < 1.29 is 13.2 Å². The summed E-state index contributed by atoms with van der Waals surface area (Å²) in [6.07, 6.45) is 1.13. The zero-order valence-electron chi connectivity index (χ0n) is 12.9. The normalized spacial score (nSPS) is 11.5. The number of likely N-dealkylation sites (N-methyl/N-ethyl adjacent to an activating group) is 1. The number of rotatable bonds is 6. The second kappa shape index (κ2) is 6.80. The minimum atomic E-state index is -3.29. The molecule has 0 unspecified atom stereocenters. The van der Waals surface area contributed by atoms with Crippen molar-refractivity contribution in [2.45, 2.75) is 18.7 Å². The first-order valence-corrected chi connectivity index (χ1v) is 8.58. The van der Waals surface area contributed by atoms with E-state index in [2.05, 4.69) is 5.32 Å². The number of sulfone groups is 1. The average Bonchev–Trinajstić information content (AvgIpc) is 2.34. The first kappa shape index (κ1) is 17.3. The number of nitrogens with zero attached hydrogens (tertiary/aromatic N) is 1. The van der Waals surface area contributed by atoms with E-state index in [1.165, 1.54) is 12.1 Å². The molecule has 0 heterocycles. The van der Waals surface area contributed by atoms with E-state index < -0.39 is 9.84 Å². The van der Waals surface area contributed by atoms with Crippen LogP contribution in [0, 0.1) is 5.92 Å². The summed E-state index contributed by atoms with van der Waals surface area (Å²) in [5.41, 5.74) is 6.84. The van der Waals surface area contributed by atoms with Crippen LogP contribution in [0.25, 0.3) is 0 Å². The monoisotopic (exact) mass is 313 g/mol. The predicted molar refractivity (Wildman–Crippen MR) is 85.1 cm³/mol. The molecule has 3 N–H and O–H groups in total. The van der Waals surface area contributed by atoms with Crippen molar-refractivity contribution in [1.29, 1.82) is 0 Å². The highest BCUT2D eigenvalue weighted by atomic mass is 32.2. The molecule has 0 aliphatic carbocycles. The van der Waals surface area contributed by atoms with Gasteiger partial charge in [0, 0.05) is 19.8 Å². The van der Waals surface area contributed by atoms with Gasteiger partial charge in [0.25, 0.3) is 0 Å². The fourth-order valence-corrected chi connectivity index (χ4v) is 2.44. The van der Waals surface area contributed by atoms with E-state index in [0.717, 1.165) is 6.26 Å². The molecule has 0 fully saturated rings. The Hall–Kier alpha value is -1.76. The van der Waals surface area contributed by atoms with Gasteiger partial charge in [0.15, 0.2) is 9.84 Å². The number of nitrogens with two attached hydrogens (primary N) is 1. The number of amides is 1. The molecule has 1 rings (SSSR count). The van der Waals surface area contributed by atoms with Crippen molar-refractivity contribution >= 4 is 27.1 Å². The topological polar surface area (TPSA) is 92.5 Å². The van der Waals surface area contributed by atoms with Crippen LogP contribution in [0.5, 0.6) is 0 Å². The zero-order chi connectivity index (χ0) is 16.2. The lowest BCUT2D eigenvalue weighted by Gasteiger charge is -2.21. The molecule has 6 nitrogen and oxygen atoms in total. The molecule has 0 saturated heterocycles. The van der Waals surface area contributed by atoms with Crippen LogP contribution in [-0.4, -0.2) is 40.7 Å². The predicted octanol–water partition coefficient (Wildman–Crippen LogP) is 0.881. The van der Waals surface area contributed by atoms with Crippen LogP contribution in [0.4, 0.5) is 11.4 Å². The van der Waals surface area contributed by atoms with Gasteiger partial charge >= 0.3 is 0 Å². The molecule has 0 aromatic heterocycles. The minimum absolute atomic E-state index is 0.0993. The quantitative estimate of drug-likeness (QED) is 0.761. The van der Waals surface area contributed by atoms with Gasteiger partial charge in [0.1, 0.15) is 0 Å². The Bertz CT molecular complexity index is 612. The van der Waals surface area contributed by atoms with Crippen molar-refractivity contribution in [3.63, 3.8) is 0 Å². The molecule has 0 spiro atoms. The molecule has 1 aromatic carbocycles. The number of hydrogen-bond donors (Lipinski definition) is 2. The third kappa shape index (κ3) is 5.26. The van der Waals surface area contributed by atoms with Crippen LogP contribution in [-0.2, 0) is 14.6 Å². The SMILES string of the molecule is CC(C)CNC(=O)CN(C)c1ccc(S(C)(=O)=O)cc1N. The van der Waals surface area contributed by atoms with Gasteiger partial charge in [-0.3, -0.25) is 4.79 Å². The fraction of sp³-hybridized carbons (Fsp3) is 0.500. The first-order valence-electron chi connectivity index (χ1n) is 6.68. The van der Waals surface area contributed by atoms with Crippen LogP contribution in [0.15, 0.2) is 23.1 Å². The molecular weight excluding hydrogens is 290 g/mol. The molecule has 118 valence electrons. The van der Waals surface area contributed by atoms with Gasteiger partial charge in [-0.25, -0.2) is 8.42 Å². The highest BCUT2D eigenvalue weighted by Gasteiger charge is 2.13. The summed E-state index contributed by atoms with van der Waals surface area (Å²) in [6, 6.07) is 4.51. The van der Waals surface area contributed by atoms with Gasteiger partial charge < -0.3 is 16.0 Å². The molecule has 7 heteroatoms. The summed E-state index contributed by atoms with van der Waals surface area (Å²) in [6.45, 7) is 4.82. The summed E-state index contributed by atoms with van der Waals surface area (Å²) in [5.74, 6) is 0.288. The van der Waals surface area contributed by atoms with Gasteiger partial charge in [-0.15, -0.1) is 0 Å². The van der Waals surface area contributed by atoms with Crippen molar-refractivity contribution in [2.75, 3.05) is 37.0 Å². The highest BCUT2D eigenvalue weighted by Crippen LogP contribution is 2.25. The Labute approximate surface area is 126 Å². The van der Waals surface area contributed by atoms with E-state index in [9.17, 15) is 13.2 Å². The average molecular weight is 313 g/mol. The third-order valence-corrected chi connectivity index (χ3v) is 4.04. The van der Waals surface area contributed by atoms with Crippen LogP contribution >= 0.6 is 0 Å². The highest BCUT2D eigenvalue weighted by molar-refractivity contribution is 7.90. The smallest absolute Gasteiger partial charge is 0.239 e. The summed E-state index contributed by atoms with van der Waals surface area (Å²) in [4.78, 5) is 13.6. The zero-order valence-corrected chi connectivity index (χ0v) is 13.7. The number of nitrogens with one attached hydrogen (secondary N) is 1. The van der Waals surface area contributed by atoms with Crippen LogP contribution in [0.1, 0.15) is 13.8 Å². The Morgan fingerprint density at radius 1 is 1.38 bits per heavy atom. The maximum absolute atomic E-state index is 11.8. The molecule has 0 radical (unpaired) electrons. The number of carbonyl (C=O) groups excluding carboxylic acids is 1. The van der Waals surface area contributed by atoms with Crippen molar-refractivity contribution in [3.05, 3.63) is 18.2 Å². The van der Waals surface area contributed by atoms with E-state index >= 15 is 0 Å². The van der Waals surface area contributed by atoms with E-state index in [1.807, 2.05) is 13.8 Å². The van der Waals surface area contributed by atoms with Crippen molar-refractivity contribution in [3.8, 4) is 0 Å². The molecular formula is C14H23N3O3S. The molecule has 21 heavy (non-hydrogen) atoms. The van der Waals surface area contributed by atoms with Crippen LogP contribution in [0.3, 0.4) is 0 Å². The second-order valence-electron chi connectivity index (χ2n) is 5.55. The molecule has 0 atom stereocenters. The van der Waals surface area contributed by atoms with Gasteiger partial charge in [0.05, 0.1) is 22.8 Å². The van der Waals surface area contributed by atoms with Crippen molar-refractivity contribution in [1.82, 2.24) is 5.32 Å². The first-order chi connectivity index (χ1) is 9.61. The lowest BCUT2D eigenvalue weighted by Crippen LogP contribution is -2.37. The molecule has 0 aliphatic rings. The summed E-state index contributed by atoms with van der Waals surface area (Å²) in [5, 5.41) is 2.82. The number of anilines is 2. The van der Waals surface area contributed by atoms with Gasteiger partial charge in [0.2, 0.25) is 5.91 Å². The summed E-state index contributed by atoms with van der Waals surface area (Å²) < 4.78 is 22.9. The number of benzene rings is 1. The summed E-state index contributed by atoms with van der Waals surface area (Å²) in [7, 11) is -1.55. The molecule has 0 saturated carbocycles. The van der Waals surface area contributed by atoms with E-state index in [0.29, 0.717) is 23.8 Å². The third-order valence-electron chi connectivity index (χ3n) is 2.93. The molecule has 0 aliphatic heterocycles. The Morgan fingerprint density at radius 2 is 2.00 bits per heavy atom. The van der Waals surface area contributed by atoms with Gasteiger partial charge in [-0.05, 0) is 24.1 Å². The number of nitrogen functional groups attached to an aromatic ring is 1. The molecule has 0 bridgehead atoms. The standard InChI is InChI=1S/C14H23N3O3S/c1-10(2)8-16-14(18)9-17(3)13-6-5-11(7-12(13)15)21(4,19)20/h5-7,10H,8-9,15H2,1-4H3,(H,16,18). The van der Waals surface area contributed by atoms with Crippen LogP contribution < -0.4 is 16.0 Å². The van der Waals surface area contributed by atoms with Gasteiger partial charge in [-0.2, -0.15) is 0 Å². The number of carbonyl (C=O) groups is 1. The van der Waals surface area contributed by atoms with Crippen LogP contribution in [0.2, 0.25) is 0 Å². The summed E-state index contributed by atoms with van der Waals surface area (Å²) >= 11 is 0. The lowest BCUT2D eigenvalue weighted by atomic mass is 10.2. The lowest BCUT2D eigenvalue weighted by molar-refractivity contribution is -0.119. The Balaban J connectivity index is 2.79. The Morgan fingerprint density at radius 3 is 2.48 bits per heavy atom. The largest absolute Gasteiger partial charge is 0.397 e. The maximum atomic E-state index is 11.8. The van der Waals surface area contributed by atoms with Crippen molar-refractivity contribution in [2.24, 2.45) is 5.92 Å². The van der Waals surface area contributed by atoms with E-state index in [-0.39, 0.29) is 17.3 Å². The molecule has 1 aromatic rings. The van der Waals surface area contributed by atoms with E-state index in [4.69, 9.17) is 5.73 Å². The minimum Gasteiger partial charge on any atom is -0.397 e. The Kier molecular flexibility index (Phi) is 5.60. The molecule has 1 amide bonds. The fourth-order valence-electron chi connectivity index (χ4n) is 1.79.